The molecular formula is C17H16N2S. The molecule has 0 unspecified atom stereocenters. The summed E-state index contributed by atoms with van der Waals surface area (Å²) in [6.07, 6.45) is 4.19. The third kappa shape index (κ3) is 2.73. The fraction of sp³-hybridized carbons (Fsp3) is 0.118. The lowest BCUT2D eigenvalue weighted by molar-refractivity contribution is 1.13. The molecule has 0 spiro atoms. The summed E-state index contributed by atoms with van der Waals surface area (Å²) in [5.41, 5.74) is 3.47. The van der Waals surface area contributed by atoms with Crippen LogP contribution in [0.1, 0.15) is 10.6 Å². The second-order valence-corrected chi connectivity index (χ2v) is 5.90. The third-order valence-electron chi connectivity index (χ3n) is 3.14. The molecule has 0 saturated heterocycles. The van der Waals surface area contributed by atoms with Gasteiger partial charge >= 0.3 is 0 Å². The first-order valence-electron chi connectivity index (χ1n) is 6.53. The summed E-state index contributed by atoms with van der Waals surface area (Å²) in [5, 5.41) is 1.04. The molecule has 3 aromatic rings. The van der Waals surface area contributed by atoms with Gasteiger partial charge in [0.25, 0.3) is 0 Å². The normalized spacial score (nSPS) is 11.3. The van der Waals surface area contributed by atoms with Crippen molar-refractivity contribution >= 4 is 39.4 Å². The molecule has 0 saturated carbocycles. The third-order valence-corrected chi connectivity index (χ3v) is 4.14. The van der Waals surface area contributed by atoms with Crippen LogP contribution in [0.5, 0.6) is 0 Å². The van der Waals surface area contributed by atoms with Crippen LogP contribution in [0.2, 0.25) is 0 Å². The van der Waals surface area contributed by atoms with E-state index in [1.807, 2.05) is 26.2 Å². The SMILES string of the molecule is CN(C)c1ccc(/C=C\c2nc3ccccc3s2)cc1. The van der Waals surface area contributed by atoms with Crippen molar-refractivity contribution in [3.63, 3.8) is 0 Å². The topological polar surface area (TPSA) is 16.1 Å². The van der Waals surface area contributed by atoms with Gasteiger partial charge in [-0.3, -0.25) is 0 Å². The van der Waals surface area contributed by atoms with E-state index < -0.39 is 0 Å². The van der Waals surface area contributed by atoms with Crippen LogP contribution in [0.15, 0.2) is 48.5 Å². The van der Waals surface area contributed by atoms with Gasteiger partial charge in [0, 0.05) is 19.8 Å². The minimum atomic E-state index is 1.04. The van der Waals surface area contributed by atoms with E-state index >= 15 is 0 Å². The van der Waals surface area contributed by atoms with Crippen molar-refractivity contribution in [2.24, 2.45) is 0 Å². The van der Waals surface area contributed by atoms with Gasteiger partial charge in [0.15, 0.2) is 0 Å². The van der Waals surface area contributed by atoms with Crippen LogP contribution in [-0.2, 0) is 0 Å². The van der Waals surface area contributed by atoms with Gasteiger partial charge in [0.05, 0.1) is 10.2 Å². The molecule has 3 heteroatoms. The lowest BCUT2D eigenvalue weighted by Gasteiger charge is -2.11. The lowest BCUT2D eigenvalue weighted by atomic mass is 10.2. The number of hydrogen-bond acceptors (Lipinski definition) is 3. The number of nitrogens with zero attached hydrogens (tertiary/aromatic N) is 2. The van der Waals surface area contributed by atoms with Crippen molar-refractivity contribution in [1.82, 2.24) is 4.98 Å². The van der Waals surface area contributed by atoms with Crippen LogP contribution in [0.4, 0.5) is 5.69 Å². The van der Waals surface area contributed by atoms with Crippen LogP contribution in [0, 0.1) is 0 Å². The van der Waals surface area contributed by atoms with Crippen molar-refractivity contribution in [2.45, 2.75) is 0 Å². The predicted molar refractivity (Wildman–Crippen MR) is 89.3 cm³/mol. The molecule has 0 aliphatic rings. The second kappa shape index (κ2) is 5.47. The number of para-hydroxylation sites is 1. The largest absolute Gasteiger partial charge is 0.378 e. The van der Waals surface area contributed by atoms with Crippen molar-refractivity contribution in [3.05, 3.63) is 59.1 Å². The number of aromatic nitrogens is 1. The van der Waals surface area contributed by atoms with Crippen molar-refractivity contribution < 1.29 is 0 Å². The van der Waals surface area contributed by atoms with E-state index in [1.165, 1.54) is 16.0 Å². The molecule has 0 amide bonds. The van der Waals surface area contributed by atoms with E-state index in [4.69, 9.17) is 0 Å². The van der Waals surface area contributed by atoms with Gasteiger partial charge in [0.2, 0.25) is 0 Å². The Morgan fingerprint density at radius 2 is 1.70 bits per heavy atom. The highest BCUT2D eigenvalue weighted by atomic mass is 32.1. The molecule has 0 fully saturated rings. The van der Waals surface area contributed by atoms with E-state index in [2.05, 4.69) is 58.4 Å². The first-order chi connectivity index (χ1) is 9.72. The quantitative estimate of drug-likeness (QED) is 0.700. The van der Waals surface area contributed by atoms with Gasteiger partial charge in [-0.15, -0.1) is 11.3 Å². The van der Waals surface area contributed by atoms with Gasteiger partial charge in [-0.25, -0.2) is 4.98 Å². The molecule has 0 aliphatic heterocycles. The first kappa shape index (κ1) is 12.9. The second-order valence-electron chi connectivity index (χ2n) is 4.84. The monoisotopic (exact) mass is 280 g/mol. The zero-order chi connectivity index (χ0) is 13.9. The van der Waals surface area contributed by atoms with Gasteiger partial charge in [-0.05, 0) is 35.9 Å². The minimum Gasteiger partial charge on any atom is -0.378 e. The highest BCUT2D eigenvalue weighted by Crippen LogP contribution is 2.23. The number of anilines is 1. The van der Waals surface area contributed by atoms with E-state index in [0.717, 1.165) is 10.5 Å². The summed E-state index contributed by atoms with van der Waals surface area (Å²) < 4.78 is 1.23. The number of thiazole rings is 1. The maximum absolute atomic E-state index is 4.60. The van der Waals surface area contributed by atoms with Gasteiger partial charge in [-0.2, -0.15) is 0 Å². The van der Waals surface area contributed by atoms with Crippen LogP contribution in [-0.4, -0.2) is 19.1 Å². The smallest absolute Gasteiger partial charge is 0.117 e. The van der Waals surface area contributed by atoms with E-state index in [0.29, 0.717) is 0 Å². The highest BCUT2D eigenvalue weighted by Gasteiger charge is 1.99. The maximum Gasteiger partial charge on any atom is 0.117 e. The van der Waals surface area contributed by atoms with E-state index in [1.54, 1.807) is 11.3 Å². The molecule has 0 N–H and O–H groups in total. The van der Waals surface area contributed by atoms with Crippen LogP contribution in [0.25, 0.3) is 22.4 Å². The molecule has 3 rings (SSSR count). The fourth-order valence-corrected chi connectivity index (χ4v) is 2.88. The summed E-state index contributed by atoms with van der Waals surface area (Å²) in [5.74, 6) is 0. The predicted octanol–water partition coefficient (Wildman–Crippen LogP) is 4.53. The first-order valence-corrected chi connectivity index (χ1v) is 7.35. The van der Waals surface area contributed by atoms with Gasteiger partial charge < -0.3 is 4.90 Å². The molecule has 100 valence electrons. The average Bonchev–Trinajstić information content (AvgIpc) is 2.88. The van der Waals surface area contributed by atoms with Crippen LogP contribution < -0.4 is 4.90 Å². The van der Waals surface area contributed by atoms with Crippen molar-refractivity contribution in [2.75, 3.05) is 19.0 Å². The number of fused-ring (bicyclic) bond motifs is 1. The zero-order valence-electron chi connectivity index (χ0n) is 11.6. The average molecular weight is 280 g/mol. The van der Waals surface area contributed by atoms with Gasteiger partial charge in [-0.1, -0.05) is 30.3 Å². The summed E-state index contributed by atoms with van der Waals surface area (Å²) in [4.78, 5) is 6.70. The van der Waals surface area contributed by atoms with Crippen LogP contribution >= 0.6 is 11.3 Å². The standard InChI is InChI=1S/C17H16N2S/c1-19(2)14-10-7-13(8-11-14)9-12-17-18-15-5-3-4-6-16(15)20-17/h3-12H,1-2H3/b12-9-. The Morgan fingerprint density at radius 1 is 0.950 bits per heavy atom. The molecule has 2 nitrogen and oxygen atoms in total. The van der Waals surface area contributed by atoms with E-state index in [9.17, 15) is 0 Å². The Kier molecular flexibility index (Phi) is 3.52. The molecular weight excluding hydrogens is 264 g/mol. The molecule has 20 heavy (non-hydrogen) atoms. The number of rotatable bonds is 3. The van der Waals surface area contributed by atoms with Gasteiger partial charge in [0.1, 0.15) is 5.01 Å². The Hall–Kier alpha value is -2.13. The molecule has 0 atom stereocenters. The summed E-state index contributed by atoms with van der Waals surface area (Å²) in [6.45, 7) is 0. The molecule has 1 aromatic heterocycles. The Bertz CT molecular complexity index is 706. The van der Waals surface area contributed by atoms with E-state index in [-0.39, 0.29) is 0 Å². The van der Waals surface area contributed by atoms with Crippen molar-refractivity contribution in [1.29, 1.82) is 0 Å². The lowest BCUT2D eigenvalue weighted by Crippen LogP contribution is -2.07. The molecule has 0 aliphatic carbocycles. The summed E-state index contributed by atoms with van der Waals surface area (Å²) in [7, 11) is 4.10. The number of hydrogen-bond donors (Lipinski definition) is 0. The zero-order valence-corrected chi connectivity index (χ0v) is 12.4. The highest BCUT2D eigenvalue weighted by molar-refractivity contribution is 7.19. The molecule has 2 aromatic carbocycles. The fourth-order valence-electron chi connectivity index (χ4n) is 2.01. The summed E-state index contributed by atoms with van der Waals surface area (Å²) >= 11 is 1.72. The molecule has 0 bridgehead atoms. The van der Waals surface area contributed by atoms with Crippen LogP contribution in [0.3, 0.4) is 0 Å². The Balaban J connectivity index is 1.82. The Morgan fingerprint density at radius 3 is 2.40 bits per heavy atom. The Labute approximate surface area is 123 Å². The maximum atomic E-state index is 4.60. The molecule has 1 heterocycles. The number of benzene rings is 2. The van der Waals surface area contributed by atoms with Crippen molar-refractivity contribution in [3.8, 4) is 0 Å². The summed E-state index contributed by atoms with van der Waals surface area (Å²) in [6, 6.07) is 16.7. The molecule has 0 radical (unpaired) electrons. The minimum absolute atomic E-state index is 1.04.